The first-order valence-corrected chi connectivity index (χ1v) is 15.9. The summed E-state index contributed by atoms with van der Waals surface area (Å²) >= 11 is 29.4. The Labute approximate surface area is 303 Å². The standard InChI is InChI=1S/C16H15Cl2NO3.C9H8Cl3NO2.C7H9BO3/c1-9(2)22-16(20)13-8-12(17)14(18)15(19-13)10-4-6-11(21-3)7-5-10;1-4(2)15-9(14)6-3-5(10)7(11)8(12)13-6;1-11-7-4-2-6(3-5-7)8(9)10/h4-9H,1-3H3;3-4H,1-2H3;2-5,9-10H,1H3. The zero-order valence-electron chi connectivity index (χ0n) is 26.6. The Balaban J connectivity index is 0.000000267. The highest BCUT2D eigenvalue weighted by Crippen LogP contribution is 2.34. The van der Waals surface area contributed by atoms with E-state index in [-0.39, 0.29) is 48.8 Å². The van der Waals surface area contributed by atoms with Crippen LogP contribution in [0.15, 0.2) is 60.7 Å². The highest BCUT2D eigenvalue weighted by molar-refractivity contribution is 6.58. The first kappa shape index (κ1) is 40.9. The van der Waals surface area contributed by atoms with Crippen molar-refractivity contribution in [2.45, 2.75) is 39.9 Å². The number of methoxy groups -OCH3 is 2. The minimum Gasteiger partial charge on any atom is -0.497 e. The third-order valence-electron chi connectivity index (χ3n) is 5.67. The van der Waals surface area contributed by atoms with E-state index in [2.05, 4.69) is 9.97 Å². The number of ether oxygens (including phenoxy) is 4. The highest BCUT2D eigenvalue weighted by Gasteiger charge is 2.18. The van der Waals surface area contributed by atoms with Gasteiger partial charge in [0.05, 0.1) is 52.2 Å². The molecule has 256 valence electrons. The van der Waals surface area contributed by atoms with E-state index in [4.69, 9.17) is 87.0 Å². The third kappa shape index (κ3) is 12.6. The Bertz CT molecular complexity index is 1650. The van der Waals surface area contributed by atoms with Gasteiger partial charge in [0.1, 0.15) is 16.7 Å². The minimum atomic E-state index is -1.40. The van der Waals surface area contributed by atoms with Gasteiger partial charge < -0.3 is 29.0 Å². The zero-order chi connectivity index (χ0) is 36.1. The molecular weight excluding hydrogens is 728 g/mol. The average molecular weight is 761 g/mol. The van der Waals surface area contributed by atoms with Gasteiger partial charge in [0.2, 0.25) is 0 Å². The van der Waals surface area contributed by atoms with Crippen LogP contribution in [-0.4, -0.2) is 65.5 Å². The fourth-order valence-electron chi connectivity index (χ4n) is 3.44. The lowest BCUT2D eigenvalue weighted by molar-refractivity contribution is 0.0360. The van der Waals surface area contributed by atoms with E-state index >= 15 is 0 Å². The number of pyridine rings is 2. The molecule has 0 saturated heterocycles. The number of rotatable bonds is 8. The average Bonchev–Trinajstić information content (AvgIpc) is 3.04. The molecule has 4 aromatic rings. The molecule has 0 fully saturated rings. The second kappa shape index (κ2) is 19.6. The van der Waals surface area contributed by atoms with E-state index in [1.165, 1.54) is 12.1 Å². The quantitative estimate of drug-likeness (QED) is 0.105. The van der Waals surface area contributed by atoms with Crippen molar-refractivity contribution in [1.82, 2.24) is 9.97 Å². The molecule has 0 aliphatic rings. The maximum Gasteiger partial charge on any atom is 0.488 e. The lowest BCUT2D eigenvalue weighted by Crippen LogP contribution is -2.29. The lowest BCUT2D eigenvalue weighted by Gasteiger charge is -2.11. The summed E-state index contributed by atoms with van der Waals surface area (Å²) in [6.45, 7) is 6.99. The van der Waals surface area contributed by atoms with Gasteiger partial charge in [-0.1, -0.05) is 70.1 Å². The third-order valence-corrected chi connectivity index (χ3v) is 7.59. The van der Waals surface area contributed by atoms with Crippen LogP contribution in [-0.2, 0) is 9.47 Å². The van der Waals surface area contributed by atoms with Crippen molar-refractivity contribution in [2.24, 2.45) is 0 Å². The predicted octanol–water partition coefficient (Wildman–Crippen LogP) is 7.61. The van der Waals surface area contributed by atoms with Crippen molar-refractivity contribution in [2.75, 3.05) is 14.2 Å². The Kier molecular flexibility index (Phi) is 16.7. The van der Waals surface area contributed by atoms with Crippen LogP contribution in [0.1, 0.15) is 48.7 Å². The van der Waals surface area contributed by atoms with Crippen molar-refractivity contribution in [3.8, 4) is 22.8 Å². The van der Waals surface area contributed by atoms with E-state index in [0.717, 1.165) is 5.56 Å². The minimum absolute atomic E-state index is 0.0140. The number of nitrogens with zero attached hydrogens (tertiary/aromatic N) is 2. The molecular formula is C32H32BCl5N2O8. The topological polar surface area (TPSA) is 137 Å². The Morgan fingerprint density at radius 2 is 1.08 bits per heavy atom. The Morgan fingerprint density at radius 3 is 1.48 bits per heavy atom. The van der Waals surface area contributed by atoms with E-state index < -0.39 is 19.1 Å². The predicted molar refractivity (Wildman–Crippen MR) is 189 cm³/mol. The van der Waals surface area contributed by atoms with Gasteiger partial charge in [-0.3, -0.25) is 0 Å². The maximum absolute atomic E-state index is 12.0. The molecule has 0 radical (unpaired) electrons. The molecule has 2 N–H and O–H groups in total. The fourth-order valence-corrected chi connectivity index (χ4v) is 4.37. The number of benzene rings is 2. The van der Waals surface area contributed by atoms with Crippen molar-refractivity contribution in [1.29, 1.82) is 0 Å². The molecule has 2 aromatic heterocycles. The number of aromatic nitrogens is 2. The number of carbonyl (C=O) groups excluding carboxylic acids is 2. The molecule has 0 aliphatic heterocycles. The molecule has 4 rings (SSSR count). The van der Waals surface area contributed by atoms with E-state index in [1.807, 2.05) is 0 Å². The summed E-state index contributed by atoms with van der Waals surface area (Å²) in [4.78, 5) is 31.5. The summed E-state index contributed by atoms with van der Waals surface area (Å²) in [5, 5.41) is 18.2. The van der Waals surface area contributed by atoms with Crippen LogP contribution in [0, 0.1) is 0 Å². The van der Waals surface area contributed by atoms with Gasteiger partial charge in [-0.2, -0.15) is 0 Å². The molecule has 48 heavy (non-hydrogen) atoms. The molecule has 2 heterocycles. The molecule has 0 amide bonds. The molecule has 0 unspecified atom stereocenters. The Morgan fingerprint density at radius 1 is 0.667 bits per heavy atom. The first-order chi connectivity index (χ1) is 22.6. The van der Waals surface area contributed by atoms with E-state index in [1.54, 1.807) is 90.4 Å². The summed E-state index contributed by atoms with van der Waals surface area (Å²) < 4.78 is 20.1. The van der Waals surface area contributed by atoms with Crippen LogP contribution in [0.25, 0.3) is 11.3 Å². The second-order valence-corrected chi connectivity index (χ2v) is 12.0. The highest BCUT2D eigenvalue weighted by atomic mass is 35.5. The fraction of sp³-hybridized carbons (Fsp3) is 0.250. The molecule has 10 nitrogen and oxygen atoms in total. The number of hydrogen-bond acceptors (Lipinski definition) is 10. The van der Waals surface area contributed by atoms with Gasteiger partial charge in [-0.05, 0) is 81.7 Å². The van der Waals surface area contributed by atoms with Gasteiger partial charge in [-0.15, -0.1) is 0 Å². The molecule has 0 bridgehead atoms. The van der Waals surface area contributed by atoms with Crippen molar-refractivity contribution in [3.63, 3.8) is 0 Å². The number of hydrogen-bond donors (Lipinski definition) is 2. The van der Waals surface area contributed by atoms with Crippen LogP contribution in [0.4, 0.5) is 0 Å². The monoisotopic (exact) mass is 758 g/mol. The maximum atomic E-state index is 12.0. The first-order valence-electron chi connectivity index (χ1n) is 14.0. The number of halogens is 5. The summed E-state index contributed by atoms with van der Waals surface area (Å²) in [5.41, 5.74) is 1.78. The molecule has 0 aliphatic carbocycles. The van der Waals surface area contributed by atoms with Crippen LogP contribution in [0.2, 0.25) is 25.2 Å². The van der Waals surface area contributed by atoms with Crippen LogP contribution >= 0.6 is 58.0 Å². The summed E-state index contributed by atoms with van der Waals surface area (Å²) in [5.74, 6) is 0.296. The number of esters is 2. The van der Waals surface area contributed by atoms with Crippen molar-refractivity contribution >= 4 is 82.5 Å². The smallest absolute Gasteiger partial charge is 0.488 e. The van der Waals surface area contributed by atoms with Crippen molar-refractivity contribution in [3.05, 3.63) is 97.3 Å². The van der Waals surface area contributed by atoms with Crippen molar-refractivity contribution < 1.29 is 38.6 Å². The number of carbonyl (C=O) groups is 2. The van der Waals surface area contributed by atoms with E-state index in [9.17, 15) is 9.59 Å². The lowest BCUT2D eigenvalue weighted by atomic mass is 9.80. The molecule has 0 atom stereocenters. The van der Waals surface area contributed by atoms with Gasteiger partial charge in [-0.25, -0.2) is 19.6 Å². The summed E-state index contributed by atoms with van der Waals surface area (Å²) in [6, 6.07) is 16.4. The van der Waals surface area contributed by atoms with Gasteiger partial charge in [0.15, 0.2) is 11.4 Å². The molecule has 2 aromatic carbocycles. The van der Waals surface area contributed by atoms with Crippen LogP contribution in [0.3, 0.4) is 0 Å². The van der Waals surface area contributed by atoms with Gasteiger partial charge >= 0.3 is 19.1 Å². The molecule has 0 spiro atoms. The largest absolute Gasteiger partial charge is 0.497 e. The second-order valence-electron chi connectivity index (χ2n) is 10.0. The zero-order valence-corrected chi connectivity index (χ0v) is 30.4. The summed E-state index contributed by atoms with van der Waals surface area (Å²) in [7, 11) is 1.74. The van der Waals surface area contributed by atoms with E-state index in [0.29, 0.717) is 22.7 Å². The SMILES string of the molecule is CC(C)OC(=O)c1cc(Cl)c(Cl)c(Cl)n1.COc1ccc(-c2nc(C(=O)OC(C)C)cc(Cl)c2Cl)cc1.COc1ccc(B(O)O)cc1. The Hall–Kier alpha value is -3.29. The molecule has 0 saturated carbocycles. The van der Waals surface area contributed by atoms with Gasteiger partial charge in [0, 0.05) is 5.56 Å². The normalized spacial score (nSPS) is 10.3. The van der Waals surface area contributed by atoms with Crippen LogP contribution in [0.5, 0.6) is 11.5 Å². The summed E-state index contributed by atoms with van der Waals surface area (Å²) in [6.07, 6.45) is -0.472. The van der Waals surface area contributed by atoms with Crippen LogP contribution < -0.4 is 14.9 Å². The molecule has 16 heteroatoms. The van der Waals surface area contributed by atoms with Gasteiger partial charge in [0.25, 0.3) is 0 Å².